The summed E-state index contributed by atoms with van der Waals surface area (Å²) >= 11 is 5.97. The molecule has 0 aliphatic carbocycles. The van der Waals surface area contributed by atoms with Crippen molar-refractivity contribution in [3.8, 4) is 5.69 Å². The first-order valence-corrected chi connectivity index (χ1v) is 7.06. The SMILES string of the molecule is Cc1cc(C(=O)N(C)CCC(=O)O)nn1-c1cccc(Cl)c1. The Balaban J connectivity index is 2.22. The van der Waals surface area contributed by atoms with Gasteiger partial charge in [-0.25, -0.2) is 4.68 Å². The summed E-state index contributed by atoms with van der Waals surface area (Å²) in [5.74, 6) is -1.26. The van der Waals surface area contributed by atoms with Crippen molar-refractivity contribution in [1.29, 1.82) is 0 Å². The van der Waals surface area contributed by atoms with Gasteiger partial charge in [0.2, 0.25) is 0 Å². The number of aliphatic carboxylic acids is 1. The molecule has 22 heavy (non-hydrogen) atoms. The van der Waals surface area contributed by atoms with Gasteiger partial charge in [0.1, 0.15) is 0 Å². The maximum Gasteiger partial charge on any atom is 0.305 e. The minimum atomic E-state index is -0.944. The molecule has 2 aromatic rings. The Hall–Kier alpha value is -2.34. The summed E-state index contributed by atoms with van der Waals surface area (Å²) in [5, 5.41) is 13.5. The number of nitrogens with zero attached hydrogens (tertiary/aromatic N) is 3. The minimum Gasteiger partial charge on any atom is -0.481 e. The molecule has 0 radical (unpaired) electrons. The smallest absolute Gasteiger partial charge is 0.305 e. The molecule has 7 heteroatoms. The molecule has 0 atom stereocenters. The number of aromatic nitrogens is 2. The molecule has 0 aliphatic heterocycles. The summed E-state index contributed by atoms with van der Waals surface area (Å²) in [6.07, 6.45) is -0.101. The molecule has 0 saturated heterocycles. The summed E-state index contributed by atoms with van der Waals surface area (Å²) in [4.78, 5) is 24.2. The fourth-order valence-electron chi connectivity index (χ4n) is 2.01. The van der Waals surface area contributed by atoms with Gasteiger partial charge in [0, 0.05) is 24.3 Å². The van der Waals surface area contributed by atoms with E-state index in [1.807, 2.05) is 13.0 Å². The van der Waals surface area contributed by atoms with Gasteiger partial charge in [-0.15, -0.1) is 0 Å². The molecule has 0 spiro atoms. The van der Waals surface area contributed by atoms with Crippen molar-refractivity contribution in [2.24, 2.45) is 0 Å². The predicted octanol–water partition coefficient (Wildman–Crippen LogP) is 2.38. The number of carboxylic acids is 1. The lowest BCUT2D eigenvalue weighted by molar-refractivity contribution is -0.137. The number of carbonyl (C=O) groups is 2. The van der Waals surface area contributed by atoms with Gasteiger partial charge in [-0.1, -0.05) is 17.7 Å². The molecular formula is C15H16ClN3O3. The number of benzene rings is 1. The van der Waals surface area contributed by atoms with Gasteiger partial charge in [0.05, 0.1) is 12.1 Å². The maximum absolute atomic E-state index is 12.3. The highest BCUT2D eigenvalue weighted by Gasteiger charge is 2.17. The zero-order valence-electron chi connectivity index (χ0n) is 12.3. The zero-order valence-corrected chi connectivity index (χ0v) is 13.0. The Morgan fingerprint density at radius 3 is 2.73 bits per heavy atom. The number of halogens is 1. The van der Waals surface area contributed by atoms with E-state index in [2.05, 4.69) is 5.10 Å². The third-order valence-electron chi connectivity index (χ3n) is 3.17. The van der Waals surface area contributed by atoms with Gasteiger partial charge in [-0.05, 0) is 31.2 Å². The Morgan fingerprint density at radius 2 is 2.09 bits per heavy atom. The highest BCUT2D eigenvalue weighted by atomic mass is 35.5. The first-order valence-electron chi connectivity index (χ1n) is 6.68. The number of hydrogen-bond donors (Lipinski definition) is 1. The summed E-state index contributed by atoms with van der Waals surface area (Å²) < 4.78 is 1.63. The Labute approximate surface area is 132 Å². The van der Waals surface area contributed by atoms with Gasteiger partial charge in [-0.3, -0.25) is 9.59 Å². The summed E-state index contributed by atoms with van der Waals surface area (Å²) in [6, 6.07) is 8.83. The lowest BCUT2D eigenvalue weighted by Crippen LogP contribution is -2.29. The van der Waals surface area contributed by atoms with Crippen LogP contribution in [0.3, 0.4) is 0 Å². The molecule has 1 N–H and O–H groups in total. The van der Waals surface area contributed by atoms with E-state index in [1.54, 1.807) is 36.0 Å². The van der Waals surface area contributed by atoms with E-state index < -0.39 is 5.97 Å². The molecule has 1 aromatic heterocycles. The molecule has 0 fully saturated rings. The number of hydrogen-bond acceptors (Lipinski definition) is 3. The normalized spacial score (nSPS) is 10.5. The monoisotopic (exact) mass is 321 g/mol. The lowest BCUT2D eigenvalue weighted by Gasteiger charge is -2.14. The molecular weight excluding hydrogens is 306 g/mol. The second-order valence-corrected chi connectivity index (χ2v) is 5.37. The summed E-state index contributed by atoms with van der Waals surface area (Å²) in [7, 11) is 1.55. The quantitative estimate of drug-likeness (QED) is 0.917. The van der Waals surface area contributed by atoms with E-state index in [4.69, 9.17) is 16.7 Å². The molecule has 0 bridgehead atoms. The molecule has 6 nitrogen and oxygen atoms in total. The van der Waals surface area contributed by atoms with Crippen LogP contribution in [0.2, 0.25) is 5.02 Å². The van der Waals surface area contributed by atoms with Crippen molar-refractivity contribution in [3.05, 3.63) is 46.7 Å². The summed E-state index contributed by atoms with van der Waals surface area (Å²) in [6.45, 7) is 1.97. The van der Waals surface area contributed by atoms with Crippen LogP contribution < -0.4 is 0 Å². The van der Waals surface area contributed by atoms with Crippen LogP contribution in [0.1, 0.15) is 22.6 Å². The second-order valence-electron chi connectivity index (χ2n) is 4.93. The average Bonchev–Trinajstić information content (AvgIpc) is 2.86. The van der Waals surface area contributed by atoms with Crippen LogP contribution in [0.4, 0.5) is 0 Å². The van der Waals surface area contributed by atoms with Crippen molar-refractivity contribution < 1.29 is 14.7 Å². The van der Waals surface area contributed by atoms with Crippen molar-refractivity contribution in [2.75, 3.05) is 13.6 Å². The maximum atomic E-state index is 12.3. The Bertz CT molecular complexity index is 712. The van der Waals surface area contributed by atoms with Gasteiger partial charge < -0.3 is 10.0 Å². The van der Waals surface area contributed by atoms with Crippen LogP contribution in [0.25, 0.3) is 5.69 Å². The van der Waals surface area contributed by atoms with Crippen molar-refractivity contribution in [3.63, 3.8) is 0 Å². The fraction of sp³-hybridized carbons (Fsp3) is 0.267. The molecule has 0 unspecified atom stereocenters. The molecule has 2 rings (SSSR count). The molecule has 1 amide bonds. The van der Waals surface area contributed by atoms with Crippen LogP contribution in [0.15, 0.2) is 30.3 Å². The second kappa shape index (κ2) is 6.62. The summed E-state index contributed by atoms with van der Waals surface area (Å²) in [5.41, 5.74) is 1.82. The van der Waals surface area contributed by atoms with E-state index in [9.17, 15) is 9.59 Å². The van der Waals surface area contributed by atoms with Gasteiger partial charge in [-0.2, -0.15) is 5.10 Å². The van der Waals surface area contributed by atoms with E-state index in [0.29, 0.717) is 5.02 Å². The average molecular weight is 322 g/mol. The predicted molar refractivity (Wildman–Crippen MR) is 82.5 cm³/mol. The third kappa shape index (κ3) is 3.65. The number of rotatable bonds is 5. The van der Waals surface area contributed by atoms with Gasteiger partial charge in [0.25, 0.3) is 5.91 Å². The van der Waals surface area contributed by atoms with Crippen LogP contribution in [0.5, 0.6) is 0 Å². The van der Waals surface area contributed by atoms with Crippen LogP contribution in [-0.4, -0.2) is 45.3 Å². The van der Waals surface area contributed by atoms with Crippen LogP contribution in [-0.2, 0) is 4.79 Å². The molecule has 1 aromatic carbocycles. The Kier molecular flexibility index (Phi) is 4.82. The highest BCUT2D eigenvalue weighted by molar-refractivity contribution is 6.30. The molecule has 1 heterocycles. The first-order chi connectivity index (χ1) is 10.4. The highest BCUT2D eigenvalue weighted by Crippen LogP contribution is 2.17. The number of amides is 1. The number of carbonyl (C=O) groups excluding carboxylic acids is 1. The van der Waals surface area contributed by atoms with E-state index in [-0.39, 0.29) is 24.6 Å². The Morgan fingerprint density at radius 1 is 1.36 bits per heavy atom. The minimum absolute atomic E-state index is 0.101. The van der Waals surface area contributed by atoms with Crippen molar-refractivity contribution >= 4 is 23.5 Å². The van der Waals surface area contributed by atoms with Crippen molar-refractivity contribution in [2.45, 2.75) is 13.3 Å². The molecule has 0 saturated carbocycles. The van der Waals surface area contributed by atoms with Gasteiger partial charge >= 0.3 is 5.97 Å². The number of aryl methyl sites for hydroxylation is 1. The van der Waals surface area contributed by atoms with E-state index >= 15 is 0 Å². The lowest BCUT2D eigenvalue weighted by atomic mass is 10.3. The van der Waals surface area contributed by atoms with Crippen LogP contribution >= 0.6 is 11.6 Å². The first kappa shape index (κ1) is 16.0. The zero-order chi connectivity index (χ0) is 16.3. The van der Waals surface area contributed by atoms with Crippen LogP contribution in [0, 0.1) is 6.92 Å². The van der Waals surface area contributed by atoms with E-state index in [1.165, 1.54) is 4.90 Å². The van der Waals surface area contributed by atoms with E-state index in [0.717, 1.165) is 11.4 Å². The molecule has 0 aliphatic rings. The number of carboxylic acid groups (broad SMARTS) is 1. The van der Waals surface area contributed by atoms with Gasteiger partial charge in [0.15, 0.2) is 5.69 Å². The topological polar surface area (TPSA) is 75.4 Å². The molecule has 116 valence electrons. The third-order valence-corrected chi connectivity index (χ3v) is 3.40. The standard InChI is InChI=1S/C15H16ClN3O3/c1-10-8-13(15(22)18(2)7-6-14(20)21)17-19(10)12-5-3-4-11(16)9-12/h3-5,8-9H,6-7H2,1-2H3,(H,20,21). The van der Waals surface area contributed by atoms with Crippen molar-refractivity contribution in [1.82, 2.24) is 14.7 Å². The largest absolute Gasteiger partial charge is 0.481 e. The fourth-order valence-corrected chi connectivity index (χ4v) is 2.19.